The number of carbonyl (C=O) groups is 3. The van der Waals surface area contributed by atoms with E-state index >= 15 is 0 Å². The highest BCUT2D eigenvalue weighted by Crippen LogP contribution is 2.26. The van der Waals surface area contributed by atoms with E-state index in [1.807, 2.05) is 6.92 Å². The van der Waals surface area contributed by atoms with Crippen molar-refractivity contribution in [2.45, 2.75) is 70.8 Å². The highest BCUT2D eigenvalue weighted by Gasteiger charge is 2.42. The van der Waals surface area contributed by atoms with Crippen LogP contribution in [0, 0.1) is 5.92 Å². The van der Waals surface area contributed by atoms with E-state index in [9.17, 15) is 14.4 Å². The fourth-order valence-electron chi connectivity index (χ4n) is 3.21. The van der Waals surface area contributed by atoms with Crippen LogP contribution in [0.25, 0.3) is 0 Å². The SMILES string of the molecule is CCCC1C(=O)NC(=O)N(C2CCCCCCC2)C1=O. The van der Waals surface area contributed by atoms with Crippen LogP contribution in [0.3, 0.4) is 0 Å². The first-order chi connectivity index (χ1) is 9.65. The van der Waals surface area contributed by atoms with E-state index in [4.69, 9.17) is 0 Å². The summed E-state index contributed by atoms with van der Waals surface area (Å²) in [6.07, 6.45) is 8.68. The van der Waals surface area contributed by atoms with Gasteiger partial charge in [0.05, 0.1) is 0 Å². The topological polar surface area (TPSA) is 66.5 Å². The lowest BCUT2D eigenvalue weighted by Crippen LogP contribution is -2.60. The van der Waals surface area contributed by atoms with Crippen molar-refractivity contribution in [3.8, 4) is 0 Å². The van der Waals surface area contributed by atoms with Crippen LogP contribution in [0.15, 0.2) is 0 Å². The molecule has 112 valence electrons. The van der Waals surface area contributed by atoms with Crippen LogP contribution in [0.5, 0.6) is 0 Å². The Bertz CT molecular complexity index is 387. The standard InChI is InChI=1S/C15H24N2O3/c1-2-8-12-13(18)16-15(20)17(14(12)19)11-9-6-4-3-5-7-10-11/h11-12H,2-10H2,1H3,(H,16,18,20). The van der Waals surface area contributed by atoms with Gasteiger partial charge in [0.15, 0.2) is 0 Å². The van der Waals surface area contributed by atoms with Gasteiger partial charge in [0, 0.05) is 6.04 Å². The largest absolute Gasteiger partial charge is 0.331 e. The first-order valence-corrected chi connectivity index (χ1v) is 7.83. The smallest absolute Gasteiger partial charge is 0.277 e. The molecule has 1 unspecified atom stereocenters. The molecule has 1 N–H and O–H groups in total. The van der Waals surface area contributed by atoms with Crippen molar-refractivity contribution in [1.82, 2.24) is 10.2 Å². The van der Waals surface area contributed by atoms with Gasteiger partial charge in [-0.05, 0) is 19.3 Å². The van der Waals surface area contributed by atoms with Crippen LogP contribution in [0.1, 0.15) is 64.7 Å². The molecule has 1 aliphatic heterocycles. The molecule has 1 atom stereocenters. The molecule has 1 saturated carbocycles. The maximum Gasteiger partial charge on any atom is 0.331 e. The third kappa shape index (κ3) is 3.19. The Labute approximate surface area is 120 Å². The van der Waals surface area contributed by atoms with Gasteiger partial charge in [0.25, 0.3) is 0 Å². The fraction of sp³-hybridized carbons (Fsp3) is 0.800. The number of imide groups is 2. The lowest BCUT2D eigenvalue weighted by molar-refractivity contribution is -0.144. The van der Waals surface area contributed by atoms with Crippen LogP contribution in [-0.4, -0.2) is 28.8 Å². The molecule has 0 bridgehead atoms. The van der Waals surface area contributed by atoms with Crippen molar-refractivity contribution in [2.24, 2.45) is 5.92 Å². The minimum absolute atomic E-state index is 0.0322. The molecule has 20 heavy (non-hydrogen) atoms. The van der Waals surface area contributed by atoms with Gasteiger partial charge in [-0.1, -0.05) is 45.4 Å². The van der Waals surface area contributed by atoms with E-state index in [0.717, 1.165) is 44.9 Å². The lowest BCUT2D eigenvalue weighted by Gasteiger charge is -2.36. The Balaban J connectivity index is 2.12. The Morgan fingerprint density at radius 1 is 1.05 bits per heavy atom. The summed E-state index contributed by atoms with van der Waals surface area (Å²) in [6, 6.07) is -0.548. The van der Waals surface area contributed by atoms with Crippen molar-refractivity contribution in [3.63, 3.8) is 0 Å². The Hall–Kier alpha value is -1.39. The first kappa shape index (κ1) is 15.0. The van der Waals surface area contributed by atoms with Crippen LogP contribution in [0.4, 0.5) is 4.79 Å². The van der Waals surface area contributed by atoms with E-state index in [-0.39, 0.29) is 11.9 Å². The molecule has 2 rings (SSSR count). The number of nitrogens with zero attached hydrogens (tertiary/aromatic N) is 1. The average Bonchev–Trinajstić information content (AvgIpc) is 2.36. The molecule has 0 aromatic carbocycles. The number of carbonyl (C=O) groups excluding carboxylic acids is 3. The molecule has 2 fully saturated rings. The summed E-state index contributed by atoms with van der Waals surface area (Å²) < 4.78 is 0. The monoisotopic (exact) mass is 280 g/mol. The second-order valence-electron chi connectivity index (χ2n) is 5.84. The zero-order valence-electron chi connectivity index (χ0n) is 12.2. The van der Waals surface area contributed by atoms with Gasteiger partial charge < -0.3 is 0 Å². The second kappa shape index (κ2) is 6.86. The molecular weight excluding hydrogens is 256 g/mol. The summed E-state index contributed by atoms with van der Waals surface area (Å²) in [6.45, 7) is 1.94. The van der Waals surface area contributed by atoms with E-state index in [1.54, 1.807) is 0 Å². The number of amides is 4. The zero-order valence-corrected chi connectivity index (χ0v) is 12.2. The van der Waals surface area contributed by atoms with E-state index < -0.39 is 17.9 Å². The molecular formula is C15H24N2O3. The van der Waals surface area contributed by atoms with Gasteiger partial charge in [-0.15, -0.1) is 0 Å². The van der Waals surface area contributed by atoms with Gasteiger partial charge in [-0.2, -0.15) is 0 Å². The predicted molar refractivity (Wildman–Crippen MR) is 74.9 cm³/mol. The molecule has 5 heteroatoms. The average molecular weight is 280 g/mol. The number of nitrogens with one attached hydrogen (secondary N) is 1. The van der Waals surface area contributed by atoms with Crippen molar-refractivity contribution >= 4 is 17.8 Å². The molecule has 1 aliphatic carbocycles. The van der Waals surface area contributed by atoms with Gasteiger partial charge in [0.2, 0.25) is 11.8 Å². The summed E-state index contributed by atoms with van der Waals surface area (Å²) in [5.41, 5.74) is 0. The van der Waals surface area contributed by atoms with Gasteiger partial charge in [0.1, 0.15) is 5.92 Å². The Kier molecular flexibility index (Phi) is 5.15. The number of hydrogen-bond acceptors (Lipinski definition) is 3. The summed E-state index contributed by atoms with van der Waals surface area (Å²) in [5, 5.41) is 2.36. The van der Waals surface area contributed by atoms with Crippen molar-refractivity contribution in [1.29, 1.82) is 0 Å². The van der Waals surface area contributed by atoms with Crippen LogP contribution < -0.4 is 5.32 Å². The maximum absolute atomic E-state index is 12.5. The fourth-order valence-corrected chi connectivity index (χ4v) is 3.21. The molecule has 1 saturated heterocycles. The van der Waals surface area contributed by atoms with Gasteiger partial charge in [-0.3, -0.25) is 19.8 Å². The van der Waals surface area contributed by atoms with Gasteiger partial charge >= 0.3 is 6.03 Å². The zero-order chi connectivity index (χ0) is 14.5. The summed E-state index contributed by atoms with van der Waals surface area (Å²) >= 11 is 0. The molecule has 4 amide bonds. The summed E-state index contributed by atoms with van der Waals surface area (Å²) in [7, 11) is 0. The normalized spacial score (nSPS) is 26.1. The second-order valence-corrected chi connectivity index (χ2v) is 5.84. The minimum atomic E-state index is -0.678. The number of barbiturate groups is 1. The molecule has 1 heterocycles. The van der Waals surface area contributed by atoms with E-state index in [1.165, 1.54) is 11.3 Å². The predicted octanol–water partition coefficient (Wildman–Crippen LogP) is 2.59. The molecule has 5 nitrogen and oxygen atoms in total. The van der Waals surface area contributed by atoms with E-state index in [0.29, 0.717) is 6.42 Å². The number of urea groups is 1. The minimum Gasteiger partial charge on any atom is -0.277 e. The van der Waals surface area contributed by atoms with Crippen LogP contribution in [0.2, 0.25) is 0 Å². The van der Waals surface area contributed by atoms with Crippen LogP contribution >= 0.6 is 0 Å². The van der Waals surface area contributed by atoms with E-state index in [2.05, 4.69) is 5.32 Å². The van der Waals surface area contributed by atoms with Crippen molar-refractivity contribution in [3.05, 3.63) is 0 Å². The third-order valence-corrected chi connectivity index (χ3v) is 4.32. The quantitative estimate of drug-likeness (QED) is 0.808. The number of hydrogen-bond donors (Lipinski definition) is 1. The van der Waals surface area contributed by atoms with Gasteiger partial charge in [-0.25, -0.2) is 4.79 Å². The van der Waals surface area contributed by atoms with Crippen molar-refractivity contribution < 1.29 is 14.4 Å². The Morgan fingerprint density at radius 2 is 1.65 bits per heavy atom. The molecule has 2 aliphatic rings. The highest BCUT2D eigenvalue weighted by molar-refractivity contribution is 6.16. The molecule has 0 aromatic heterocycles. The highest BCUT2D eigenvalue weighted by atomic mass is 16.2. The molecule has 0 aromatic rings. The first-order valence-electron chi connectivity index (χ1n) is 7.83. The summed E-state index contributed by atoms with van der Waals surface area (Å²) in [4.78, 5) is 37.6. The maximum atomic E-state index is 12.5. The van der Waals surface area contributed by atoms with Crippen LogP contribution in [-0.2, 0) is 9.59 Å². The third-order valence-electron chi connectivity index (χ3n) is 4.32. The lowest BCUT2D eigenvalue weighted by atomic mass is 9.92. The summed E-state index contributed by atoms with van der Waals surface area (Å²) in [5.74, 6) is -1.39. The van der Waals surface area contributed by atoms with Crippen molar-refractivity contribution in [2.75, 3.05) is 0 Å². The number of rotatable bonds is 3. The molecule has 0 radical (unpaired) electrons. The molecule has 0 spiro atoms. The Morgan fingerprint density at radius 3 is 2.25 bits per heavy atom.